The van der Waals surface area contributed by atoms with Crippen LogP contribution in [-0.2, 0) is 20.7 Å². The van der Waals surface area contributed by atoms with Gasteiger partial charge in [-0.3, -0.25) is 4.79 Å². The first-order chi connectivity index (χ1) is 13.6. The summed E-state index contributed by atoms with van der Waals surface area (Å²) in [6.07, 6.45) is 2.97. The number of amides is 1. The largest absolute Gasteiger partial charge is 0.482 e. The summed E-state index contributed by atoms with van der Waals surface area (Å²) in [5.41, 5.74) is 1.34. The lowest BCUT2D eigenvalue weighted by Crippen LogP contribution is -2.41. The van der Waals surface area contributed by atoms with E-state index in [0.717, 1.165) is 19.3 Å². The molecule has 0 aliphatic carbocycles. The van der Waals surface area contributed by atoms with Crippen molar-refractivity contribution in [3.8, 4) is 5.75 Å². The Balaban J connectivity index is 1.34. The Labute approximate surface area is 170 Å². The predicted octanol–water partition coefficient (Wildman–Crippen LogP) is 3.74. The molecule has 3 rings (SSSR count). The third-order valence-electron chi connectivity index (χ3n) is 4.86. The number of rotatable bonds is 7. The predicted molar refractivity (Wildman–Crippen MR) is 107 cm³/mol. The first-order valence-electron chi connectivity index (χ1n) is 9.46. The molecular formula is C22H24ClNO4. The smallest absolute Gasteiger partial charge is 0.344 e. The molecule has 1 aliphatic rings. The fraction of sp³-hybridized carbons (Fsp3) is 0.364. The molecule has 0 aromatic heterocycles. The highest BCUT2D eigenvalue weighted by Gasteiger charge is 2.23. The van der Waals surface area contributed by atoms with Crippen LogP contribution in [0.1, 0.15) is 18.4 Å². The normalized spacial score (nSPS) is 14.5. The molecule has 0 N–H and O–H groups in total. The van der Waals surface area contributed by atoms with Gasteiger partial charge in [0.25, 0.3) is 5.91 Å². The molecule has 1 heterocycles. The molecule has 5 nitrogen and oxygen atoms in total. The van der Waals surface area contributed by atoms with E-state index in [4.69, 9.17) is 21.1 Å². The van der Waals surface area contributed by atoms with E-state index in [9.17, 15) is 9.59 Å². The topological polar surface area (TPSA) is 55.8 Å². The molecule has 0 radical (unpaired) electrons. The van der Waals surface area contributed by atoms with E-state index in [1.165, 1.54) is 5.56 Å². The van der Waals surface area contributed by atoms with Crippen LogP contribution in [0.5, 0.6) is 5.75 Å². The number of piperidine rings is 1. The maximum absolute atomic E-state index is 12.3. The van der Waals surface area contributed by atoms with Crippen molar-refractivity contribution in [3.05, 3.63) is 65.2 Å². The molecule has 1 amide bonds. The second-order valence-electron chi connectivity index (χ2n) is 6.92. The summed E-state index contributed by atoms with van der Waals surface area (Å²) < 4.78 is 10.4. The molecule has 2 aromatic carbocycles. The van der Waals surface area contributed by atoms with Crippen molar-refractivity contribution in [3.63, 3.8) is 0 Å². The number of ether oxygens (including phenoxy) is 2. The number of likely N-dealkylation sites (tertiary alicyclic amines) is 1. The molecule has 2 aromatic rings. The van der Waals surface area contributed by atoms with Crippen LogP contribution in [0.25, 0.3) is 0 Å². The second kappa shape index (κ2) is 10.1. The molecule has 0 bridgehead atoms. The van der Waals surface area contributed by atoms with Gasteiger partial charge in [-0.25, -0.2) is 4.79 Å². The third-order valence-corrected chi connectivity index (χ3v) is 5.11. The fourth-order valence-corrected chi connectivity index (χ4v) is 3.41. The zero-order valence-electron chi connectivity index (χ0n) is 15.7. The molecule has 1 aliphatic heterocycles. The van der Waals surface area contributed by atoms with Crippen molar-refractivity contribution in [2.24, 2.45) is 5.92 Å². The lowest BCUT2D eigenvalue weighted by Gasteiger charge is -2.32. The second-order valence-corrected chi connectivity index (χ2v) is 7.35. The minimum atomic E-state index is -0.567. The Morgan fingerprint density at radius 3 is 2.32 bits per heavy atom. The summed E-state index contributed by atoms with van der Waals surface area (Å²) in [4.78, 5) is 25.8. The Kier molecular flexibility index (Phi) is 7.31. The van der Waals surface area contributed by atoms with E-state index in [0.29, 0.717) is 29.8 Å². The van der Waals surface area contributed by atoms with Gasteiger partial charge in [0.2, 0.25) is 0 Å². The van der Waals surface area contributed by atoms with Crippen LogP contribution >= 0.6 is 11.6 Å². The SMILES string of the molecule is O=C(COc1ccc(Cl)cc1)OCC(=O)N1CCC(Cc2ccccc2)CC1. The molecule has 1 saturated heterocycles. The molecule has 0 saturated carbocycles. The minimum Gasteiger partial charge on any atom is -0.482 e. The van der Waals surface area contributed by atoms with Crippen LogP contribution in [0.3, 0.4) is 0 Å². The van der Waals surface area contributed by atoms with Crippen LogP contribution in [0.4, 0.5) is 0 Å². The summed E-state index contributed by atoms with van der Waals surface area (Å²) >= 11 is 5.79. The number of nitrogens with zero attached hydrogens (tertiary/aromatic N) is 1. The zero-order chi connectivity index (χ0) is 19.8. The Bertz CT molecular complexity index is 771. The van der Waals surface area contributed by atoms with Crippen LogP contribution in [0, 0.1) is 5.92 Å². The molecule has 0 atom stereocenters. The molecule has 0 unspecified atom stereocenters. The summed E-state index contributed by atoms with van der Waals surface area (Å²) in [5.74, 6) is 0.384. The highest BCUT2D eigenvalue weighted by molar-refractivity contribution is 6.30. The molecule has 28 heavy (non-hydrogen) atoms. The van der Waals surface area contributed by atoms with E-state index in [2.05, 4.69) is 24.3 Å². The average molecular weight is 402 g/mol. The standard InChI is InChI=1S/C22H24ClNO4/c23-19-6-8-20(9-7-19)27-16-22(26)28-15-21(25)24-12-10-18(11-13-24)14-17-4-2-1-3-5-17/h1-9,18H,10-16H2. The highest BCUT2D eigenvalue weighted by Crippen LogP contribution is 2.21. The Morgan fingerprint density at radius 1 is 0.964 bits per heavy atom. The van der Waals surface area contributed by atoms with Gasteiger partial charge in [-0.2, -0.15) is 0 Å². The summed E-state index contributed by atoms with van der Waals surface area (Å²) in [5, 5.41) is 0.591. The summed E-state index contributed by atoms with van der Waals surface area (Å²) in [6.45, 7) is 0.921. The first-order valence-corrected chi connectivity index (χ1v) is 9.83. The lowest BCUT2D eigenvalue weighted by molar-refractivity contribution is -0.154. The van der Waals surface area contributed by atoms with Gasteiger partial charge in [-0.05, 0) is 55.0 Å². The summed E-state index contributed by atoms with van der Waals surface area (Å²) in [7, 11) is 0. The number of halogens is 1. The molecular weight excluding hydrogens is 378 g/mol. The van der Waals surface area contributed by atoms with Gasteiger partial charge >= 0.3 is 5.97 Å². The lowest BCUT2D eigenvalue weighted by atomic mass is 9.90. The average Bonchev–Trinajstić information content (AvgIpc) is 2.73. The first kappa shape index (κ1) is 20.2. The van der Waals surface area contributed by atoms with Gasteiger partial charge in [0.15, 0.2) is 13.2 Å². The molecule has 6 heteroatoms. The number of benzene rings is 2. The van der Waals surface area contributed by atoms with Crippen molar-refractivity contribution >= 4 is 23.5 Å². The zero-order valence-corrected chi connectivity index (χ0v) is 16.4. The molecule has 1 fully saturated rings. The maximum atomic E-state index is 12.3. The Morgan fingerprint density at radius 2 is 1.64 bits per heavy atom. The maximum Gasteiger partial charge on any atom is 0.344 e. The van der Waals surface area contributed by atoms with Crippen LogP contribution in [0.15, 0.2) is 54.6 Å². The van der Waals surface area contributed by atoms with Gasteiger partial charge in [-0.1, -0.05) is 41.9 Å². The van der Waals surface area contributed by atoms with Gasteiger partial charge in [-0.15, -0.1) is 0 Å². The Hall–Kier alpha value is -2.53. The van der Waals surface area contributed by atoms with Crippen molar-refractivity contribution in [1.29, 1.82) is 0 Å². The number of esters is 1. The number of carbonyl (C=O) groups is 2. The van der Waals surface area contributed by atoms with Crippen molar-refractivity contribution in [2.45, 2.75) is 19.3 Å². The van der Waals surface area contributed by atoms with Crippen LogP contribution in [-0.4, -0.2) is 43.1 Å². The van der Waals surface area contributed by atoms with Crippen LogP contribution < -0.4 is 4.74 Å². The van der Waals surface area contributed by atoms with Crippen LogP contribution in [0.2, 0.25) is 5.02 Å². The van der Waals surface area contributed by atoms with Gasteiger partial charge in [0, 0.05) is 18.1 Å². The van der Waals surface area contributed by atoms with Crippen molar-refractivity contribution in [1.82, 2.24) is 4.90 Å². The van der Waals surface area contributed by atoms with Gasteiger partial charge < -0.3 is 14.4 Å². The fourth-order valence-electron chi connectivity index (χ4n) is 3.28. The van der Waals surface area contributed by atoms with Crippen molar-refractivity contribution in [2.75, 3.05) is 26.3 Å². The van der Waals surface area contributed by atoms with E-state index < -0.39 is 5.97 Å². The highest BCUT2D eigenvalue weighted by atomic mass is 35.5. The van der Waals surface area contributed by atoms with Crippen molar-refractivity contribution < 1.29 is 19.1 Å². The summed E-state index contributed by atoms with van der Waals surface area (Å²) in [6, 6.07) is 17.1. The molecule has 148 valence electrons. The van der Waals surface area contributed by atoms with E-state index in [1.54, 1.807) is 29.2 Å². The third kappa shape index (κ3) is 6.27. The monoisotopic (exact) mass is 401 g/mol. The van der Waals surface area contributed by atoms with E-state index >= 15 is 0 Å². The van der Waals surface area contributed by atoms with E-state index in [-0.39, 0.29) is 19.1 Å². The van der Waals surface area contributed by atoms with E-state index in [1.807, 2.05) is 6.07 Å². The minimum absolute atomic E-state index is 0.155. The quantitative estimate of drug-likeness (QED) is 0.663. The number of carbonyl (C=O) groups excluding carboxylic acids is 2. The number of hydrogen-bond donors (Lipinski definition) is 0. The van der Waals surface area contributed by atoms with Gasteiger partial charge in [0.05, 0.1) is 0 Å². The van der Waals surface area contributed by atoms with Gasteiger partial charge in [0.1, 0.15) is 5.75 Å². The number of hydrogen-bond acceptors (Lipinski definition) is 4. The molecule has 0 spiro atoms.